The van der Waals surface area contributed by atoms with Crippen molar-refractivity contribution in [2.24, 2.45) is 5.92 Å². The number of para-hydroxylation sites is 1. The van der Waals surface area contributed by atoms with Gasteiger partial charge in [-0.15, -0.1) is 0 Å². The summed E-state index contributed by atoms with van der Waals surface area (Å²) >= 11 is 0. The molecule has 28 heavy (non-hydrogen) atoms. The van der Waals surface area contributed by atoms with Crippen LogP contribution in [0.2, 0.25) is 0 Å². The van der Waals surface area contributed by atoms with Gasteiger partial charge in [0, 0.05) is 29.6 Å². The number of aromatic nitrogens is 1. The second-order valence-corrected chi connectivity index (χ2v) is 7.54. The third-order valence-corrected chi connectivity index (χ3v) is 5.28. The van der Waals surface area contributed by atoms with Crippen molar-refractivity contribution in [3.05, 3.63) is 65.9 Å². The summed E-state index contributed by atoms with van der Waals surface area (Å²) in [5.41, 5.74) is 3.08. The Morgan fingerprint density at radius 1 is 1.25 bits per heavy atom. The highest BCUT2D eigenvalue weighted by molar-refractivity contribution is 6.08. The van der Waals surface area contributed by atoms with Gasteiger partial charge >= 0.3 is 0 Å². The molecule has 0 aliphatic carbocycles. The van der Waals surface area contributed by atoms with Gasteiger partial charge in [-0.05, 0) is 62.8 Å². The van der Waals surface area contributed by atoms with Gasteiger partial charge in [0.05, 0.1) is 17.8 Å². The van der Waals surface area contributed by atoms with Gasteiger partial charge in [-0.25, -0.2) is 0 Å². The molecule has 2 aromatic carbocycles. The number of rotatable bonds is 5. The number of hydrogen-bond donors (Lipinski definition) is 1. The fourth-order valence-corrected chi connectivity index (χ4v) is 3.72. The molecule has 0 radical (unpaired) electrons. The van der Waals surface area contributed by atoms with Crippen LogP contribution >= 0.6 is 0 Å². The number of amides is 1. The van der Waals surface area contributed by atoms with Crippen LogP contribution in [0.1, 0.15) is 22.3 Å². The van der Waals surface area contributed by atoms with Crippen molar-refractivity contribution < 1.29 is 9.53 Å². The number of likely N-dealkylation sites (tertiary alicyclic amines) is 1. The normalized spacial score (nSPS) is 17.0. The lowest BCUT2D eigenvalue weighted by Gasteiger charge is -2.15. The summed E-state index contributed by atoms with van der Waals surface area (Å²) in [7, 11) is 2.14. The summed E-state index contributed by atoms with van der Waals surface area (Å²) < 4.78 is 6.01. The molecule has 2 heterocycles. The highest BCUT2D eigenvalue weighted by Crippen LogP contribution is 2.24. The summed E-state index contributed by atoms with van der Waals surface area (Å²) in [6, 6.07) is 15.2. The number of nitrogens with zero attached hydrogens (tertiary/aromatic N) is 2. The molecule has 5 nitrogen and oxygen atoms in total. The van der Waals surface area contributed by atoms with Crippen molar-refractivity contribution in [2.75, 3.05) is 32.1 Å². The van der Waals surface area contributed by atoms with Crippen LogP contribution in [0.3, 0.4) is 0 Å². The summed E-state index contributed by atoms with van der Waals surface area (Å²) in [6.45, 7) is 4.92. The van der Waals surface area contributed by atoms with Crippen LogP contribution in [0.4, 0.5) is 5.69 Å². The number of benzene rings is 2. The zero-order chi connectivity index (χ0) is 19.5. The van der Waals surface area contributed by atoms with E-state index in [0.29, 0.717) is 17.2 Å². The summed E-state index contributed by atoms with van der Waals surface area (Å²) in [5, 5.41) is 3.98. The third-order valence-electron chi connectivity index (χ3n) is 5.28. The van der Waals surface area contributed by atoms with E-state index in [-0.39, 0.29) is 5.91 Å². The molecule has 1 amide bonds. The Kier molecular flexibility index (Phi) is 5.26. The number of carbonyl (C=O) groups excluding carboxylic acids is 1. The minimum Gasteiger partial charge on any atom is -0.493 e. The third kappa shape index (κ3) is 3.99. The first-order valence-electron chi connectivity index (χ1n) is 9.67. The summed E-state index contributed by atoms with van der Waals surface area (Å²) in [5.74, 6) is 1.27. The number of ether oxygens (including phenoxy) is 1. The fourth-order valence-electron chi connectivity index (χ4n) is 3.72. The minimum absolute atomic E-state index is 0.148. The Hall–Kier alpha value is -2.92. The molecule has 4 rings (SSSR count). The molecule has 1 saturated heterocycles. The predicted molar refractivity (Wildman–Crippen MR) is 112 cm³/mol. The number of pyridine rings is 1. The van der Waals surface area contributed by atoms with Crippen molar-refractivity contribution in [3.8, 4) is 5.75 Å². The Balaban J connectivity index is 1.45. The van der Waals surface area contributed by atoms with Crippen molar-refractivity contribution >= 4 is 22.5 Å². The Morgan fingerprint density at radius 2 is 2.11 bits per heavy atom. The van der Waals surface area contributed by atoms with E-state index in [4.69, 9.17) is 4.74 Å². The molecule has 1 aliphatic rings. The van der Waals surface area contributed by atoms with E-state index in [2.05, 4.69) is 22.2 Å². The monoisotopic (exact) mass is 375 g/mol. The standard InChI is InChI=1S/C23H25N3O2/c1-16-13-19(8-9-21(16)28-15-17-10-12-26(2)14-17)23(27)25-20-7-3-5-18-6-4-11-24-22(18)20/h3-9,11,13,17H,10,12,14-15H2,1-2H3,(H,25,27). The lowest BCUT2D eigenvalue weighted by molar-refractivity contribution is 0.102. The minimum atomic E-state index is -0.148. The highest BCUT2D eigenvalue weighted by atomic mass is 16.5. The second kappa shape index (κ2) is 7.98. The largest absolute Gasteiger partial charge is 0.493 e. The van der Waals surface area contributed by atoms with Gasteiger partial charge in [-0.2, -0.15) is 0 Å². The van der Waals surface area contributed by atoms with Crippen LogP contribution in [0.15, 0.2) is 54.7 Å². The van der Waals surface area contributed by atoms with Crippen LogP contribution in [-0.4, -0.2) is 42.5 Å². The molecule has 1 aromatic heterocycles. The van der Waals surface area contributed by atoms with Gasteiger partial charge in [0.15, 0.2) is 0 Å². The summed E-state index contributed by atoms with van der Waals surface area (Å²) in [6.07, 6.45) is 2.91. The van der Waals surface area contributed by atoms with E-state index >= 15 is 0 Å². The maximum atomic E-state index is 12.7. The molecule has 0 spiro atoms. The van der Waals surface area contributed by atoms with E-state index in [1.807, 2.05) is 55.5 Å². The molecule has 1 atom stereocenters. The maximum absolute atomic E-state index is 12.7. The van der Waals surface area contributed by atoms with E-state index in [9.17, 15) is 4.79 Å². The smallest absolute Gasteiger partial charge is 0.255 e. The van der Waals surface area contributed by atoms with Crippen LogP contribution in [0, 0.1) is 12.8 Å². The van der Waals surface area contributed by atoms with E-state index in [1.165, 1.54) is 6.42 Å². The molecule has 3 aromatic rings. The van der Waals surface area contributed by atoms with E-state index < -0.39 is 0 Å². The summed E-state index contributed by atoms with van der Waals surface area (Å²) in [4.78, 5) is 19.5. The Bertz CT molecular complexity index is 997. The first-order chi connectivity index (χ1) is 13.6. The average Bonchev–Trinajstić information content (AvgIpc) is 3.12. The van der Waals surface area contributed by atoms with Crippen LogP contribution in [-0.2, 0) is 0 Å². The average molecular weight is 375 g/mol. The number of carbonyl (C=O) groups is 1. The number of aryl methyl sites for hydroxylation is 1. The molecule has 0 bridgehead atoms. The zero-order valence-corrected chi connectivity index (χ0v) is 16.3. The fraction of sp³-hybridized carbons (Fsp3) is 0.304. The van der Waals surface area contributed by atoms with Crippen LogP contribution < -0.4 is 10.1 Å². The number of anilines is 1. The molecule has 0 saturated carbocycles. The highest BCUT2D eigenvalue weighted by Gasteiger charge is 2.20. The van der Waals surface area contributed by atoms with Gasteiger partial charge in [-0.3, -0.25) is 9.78 Å². The second-order valence-electron chi connectivity index (χ2n) is 7.54. The maximum Gasteiger partial charge on any atom is 0.255 e. The molecule has 1 fully saturated rings. The number of nitrogens with one attached hydrogen (secondary N) is 1. The van der Waals surface area contributed by atoms with Gasteiger partial charge in [0.25, 0.3) is 5.91 Å². The lowest BCUT2D eigenvalue weighted by Crippen LogP contribution is -2.18. The number of fused-ring (bicyclic) bond motifs is 1. The van der Waals surface area contributed by atoms with Crippen molar-refractivity contribution in [3.63, 3.8) is 0 Å². The molecule has 144 valence electrons. The quantitative estimate of drug-likeness (QED) is 0.729. The first kappa shape index (κ1) is 18.4. The Labute approximate surface area is 165 Å². The molecular formula is C23H25N3O2. The molecule has 1 N–H and O–H groups in total. The van der Waals surface area contributed by atoms with Crippen LogP contribution in [0.5, 0.6) is 5.75 Å². The molecule has 1 aliphatic heterocycles. The zero-order valence-electron chi connectivity index (χ0n) is 16.3. The predicted octanol–water partition coefficient (Wildman–Crippen LogP) is 4.13. The first-order valence-corrected chi connectivity index (χ1v) is 9.67. The lowest BCUT2D eigenvalue weighted by atomic mass is 10.1. The van der Waals surface area contributed by atoms with Gasteiger partial charge in [-0.1, -0.05) is 18.2 Å². The molecular weight excluding hydrogens is 350 g/mol. The SMILES string of the molecule is Cc1cc(C(=O)Nc2cccc3cccnc23)ccc1OCC1CCN(C)C1. The van der Waals surface area contributed by atoms with E-state index in [0.717, 1.165) is 41.9 Å². The topological polar surface area (TPSA) is 54.5 Å². The Morgan fingerprint density at radius 3 is 2.89 bits per heavy atom. The van der Waals surface area contributed by atoms with Gasteiger partial charge < -0.3 is 15.0 Å². The van der Waals surface area contributed by atoms with E-state index in [1.54, 1.807) is 6.20 Å². The number of hydrogen-bond acceptors (Lipinski definition) is 4. The van der Waals surface area contributed by atoms with Crippen molar-refractivity contribution in [1.29, 1.82) is 0 Å². The molecule has 1 unspecified atom stereocenters. The van der Waals surface area contributed by atoms with Crippen molar-refractivity contribution in [2.45, 2.75) is 13.3 Å². The molecule has 5 heteroatoms. The van der Waals surface area contributed by atoms with Gasteiger partial charge in [0.1, 0.15) is 5.75 Å². The van der Waals surface area contributed by atoms with Crippen LogP contribution in [0.25, 0.3) is 10.9 Å². The van der Waals surface area contributed by atoms with Crippen molar-refractivity contribution in [1.82, 2.24) is 9.88 Å². The van der Waals surface area contributed by atoms with Gasteiger partial charge in [0.2, 0.25) is 0 Å².